The lowest BCUT2D eigenvalue weighted by molar-refractivity contribution is -0.385. The molecule has 0 spiro atoms. The molecule has 2 aromatic rings. The maximum Gasteiger partial charge on any atom is 0.310 e. The quantitative estimate of drug-likeness (QED) is 0.393. The van der Waals surface area contributed by atoms with Crippen molar-refractivity contribution in [3.8, 4) is 17.2 Å². The Labute approximate surface area is 163 Å². The molecule has 148 valence electrons. The van der Waals surface area contributed by atoms with Crippen LogP contribution in [0.3, 0.4) is 0 Å². The second-order valence-electron chi connectivity index (χ2n) is 5.91. The first-order chi connectivity index (χ1) is 13.4. The van der Waals surface area contributed by atoms with Gasteiger partial charge in [-0.3, -0.25) is 14.9 Å². The maximum absolute atomic E-state index is 12.4. The van der Waals surface area contributed by atoms with E-state index < -0.39 is 4.92 Å². The van der Waals surface area contributed by atoms with Gasteiger partial charge in [0.2, 0.25) is 5.91 Å². The van der Waals surface area contributed by atoms with Crippen molar-refractivity contribution in [1.82, 2.24) is 4.90 Å². The van der Waals surface area contributed by atoms with Crippen LogP contribution in [0.1, 0.15) is 11.1 Å². The summed E-state index contributed by atoms with van der Waals surface area (Å²) in [7, 11) is 6.15. The summed E-state index contributed by atoms with van der Waals surface area (Å²) in [5.41, 5.74) is 1.38. The third kappa shape index (κ3) is 5.00. The van der Waals surface area contributed by atoms with Gasteiger partial charge >= 0.3 is 5.69 Å². The van der Waals surface area contributed by atoms with Crippen LogP contribution in [0.4, 0.5) is 5.69 Å². The molecule has 2 aromatic carbocycles. The molecule has 0 radical (unpaired) electrons. The second-order valence-corrected chi connectivity index (χ2v) is 5.91. The van der Waals surface area contributed by atoms with Crippen molar-refractivity contribution in [2.45, 2.75) is 6.54 Å². The Morgan fingerprint density at radius 1 is 1.04 bits per heavy atom. The molecule has 2 rings (SSSR count). The topological polar surface area (TPSA) is 91.1 Å². The Morgan fingerprint density at radius 3 is 2.32 bits per heavy atom. The van der Waals surface area contributed by atoms with Crippen LogP contribution >= 0.6 is 0 Å². The number of methoxy groups -OCH3 is 3. The third-order valence-corrected chi connectivity index (χ3v) is 4.06. The van der Waals surface area contributed by atoms with Crippen molar-refractivity contribution in [3.63, 3.8) is 0 Å². The van der Waals surface area contributed by atoms with Crippen molar-refractivity contribution >= 4 is 17.7 Å². The van der Waals surface area contributed by atoms with E-state index in [4.69, 9.17) is 14.2 Å². The van der Waals surface area contributed by atoms with E-state index in [1.165, 1.54) is 25.3 Å². The minimum absolute atomic E-state index is 0.128. The highest BCUT2D eigenvalue weighted by atomic mass is 16.6. The van der Waals surface area contributed by atoms with Gasteiger partial charge in [0.25, 0.3) is 0 Å². The summed E-state index contributed by atoms with van der Waals surface area (Å²) in [6.07, 6.45) is 2.99. The van der Waals surface area contributed by atoms with Gasteiger partial charge < -0.3 is 19.1 Å². The van der Waals surface area contributed by atoms with Gasteiger partial charge in [-0.2, -0.15) is 0 Å². The average molecular weight is 386 g/mol. The number of amides is 1. The number of hydrogen-bond acceptors (Lipinski definition) is 6. The van der Waals surface area contributed by atoms with E-state index in [2.05, 4.69) is 0 Å². The smallest absolute Gasteiger partial charge is 0.310 e. The number of ether oxygens (including phenoxy) is 3. The highest BCUT2D eigenvalue weighted by Crippen LogP contribution is 2.29. The number of hydrogen-bond donors (Lipinski definition) is 0. The Morgan fingerprint density at radius 2 is 1.71 bits per heavy atom. The van der Waals surface area contributed by atoms with E-state index in [9.17, 15) is 14.9 Å². The number of benzene rings is 2. The van der Waals surface area contributed by atoms with Gasteiger partial charge in [-0.05, 0) is 41.5 Å². The molecule has 0 aliphatic heterocycles. The van der Waals surface area contributed by atoms with Crippen molar-refractivity contribution in [1.29, 1.82) is 0 Å². The van der Waals surface area contributed by atoms with Crippen LogP contribution in [-0.2, 0) is 11.3 Å². The molecule has 0 saturated carbocycles. The Kier molecular flexibility index (Phi) is 6.97. The maximum atomic E-state index is 12.4. The lowest BCUT2D eigenvalue weighted by Gasteiger charge is -2.16. The van der Waals surface area contributed by atoms with Crippen LogP contribution in [0.25, 0.3) is 6.08 Å². The van der Waals surface area contributed by atoms with Crippen molar-refractivity contribution in [3.05, 3.63) is 63.7 Å². The molecule has 0 aliphatic carbocycles. The fraction of sp³-hybridized carbons (Fsp3) is 0.250. The molecule has 0 atom stereocenters. The van der Waals surface area contributed by atoms with E-state index in [1.54, 1.807) is 44.4 Å². The van der Waals surface area contributed by atoms with E-state index in [0.29, 0.717) is 23.6 Å². The molecule has 0 bridgehead atoms. The lowest BCUT2D eigenvalue weighted by atomic mass is 10.1. The summed E-state index contributed by atoms with van der Waals surface area (Å²) in [4.78, 5) is 24.3. The molecular weight excluding hydrogens is 364 g/mol. The molecule has 0 fully saturated rings. The molecule has 0 N–H and O–H groups in total. The van der Waals surface area contributed by atoms with Crippen LogP contribution in [0, 0.1) is 10.1 Å². The summed E-state index contributed by atoms with van der Waals surface area (Å²) >= 11 is 0. The summed E-state index contributed by atoms with van der Waals surface area (Å²) in [6, 6.07) is 9.86. The van der Waals surface area contributed by atoms with Gasteiger partial charge in [-0.15, -0.1) is 0 Å². The molecule has 1 amide bonds. The Bertz CT molecular complexity index is 894. The van der Waals surface area contributed by atoms with Gasteiger partial charge in [0.05, 0.1) is 26.3 Å². The normalized spacial score (nSPS) is 10.6. The predicted molar refractivity (Wildman–Crippen MR) is 105 cm³/mol. The number of nitro groups is 1. The molecule has 8 nitrogen and oxygen atoms in total. The molecule has 28 heavy (non-hydrogen) atoms. The Balaban J connectivity index is 2.09. The second kappa shape index (κ2) is 9.40. The zero-order valence-corrected chi connectivity index (χ0v) is 16.2. The van der Waals surface area contributed by atoms with Gasteiger partial charge in [0.1, 0.15) is 0 Å². The van der Waals surface area contributed by atoms with Gasteiger partial charge in [-0.25, -0.2) is 0 Å². The van der Waals surface area contributed by atoms with E-state index >= 15 is 0 Å². The first kappa shape index (κ1) is 20.8. The van der Waals surface area contributed by atoms with Crippen LogP contribution in [0.2, 0.25) is 0 Å². The van der Waals surface area contributed by atoms with Crippen LogP contribution in [-0.4, -0.2) is 44.1 Å². The number of likely N-dealkylation sites (N-methyl/N-ethyl adjacent to an activating group) is 1. The summed E-state index contributed by atoms with van der Waals surface area (Å²) in [6.45, 7) is 0.382. The van der Waals surface area contributed by atoms with Gasteiger partial charge in [-0.1, -0.05) is 6.07 Å². The van der Waals surface area contributed by atoms with Crippen LogP contribution in [0.5, 0.6) is 17.2 Å². The predicted octanol–water partition coefficient (Wildman–Crippen LogP) is 3.29. The van der Waals surface area contributed by atoms with Crippen LogP contribution < -0.4 is 14.2 Å². The number of nitro benzene ring substituents is 1. The SMILES string of the molecule is COc1ccc(CN(C)C(=O)C=Cc2ccc([N+](=O)[O-])c(OC)c2)cc1OC. The number of carbonyl (C=O) groups is 1. The minimum atomic E-state index is -0.519. The van der Waals surface area contributed by atoms with E-state index in [-0.39, 0.29) is 17.3 Å². The molecular formula is C20H22N2O6. The zero-order chi connectivity index (χ0) is 20.7. The zero-order valence-electron chi connectivity index (χ0n) is 16.2. The van der Waals surface area contributed by atoms with Crippen molar-refractivity contribution in [2.75, 3.05) is 28.4 Å². The molecule has 0 aliphatic rings. The van der Waals surface area contributed by atoms with Gasteiger partial charge in [0.15, 0.2) is 17.2 Å². The van der Waals surface area contributed by atoms with Crippen molar-refractivity contribution in [2.24, 2.45) is 0 Å². The summed E-state index contributed by atoms with van der Waals surface area (Å²) in [5.74, 6) is 1.13. The van der Waals surface area contributed by atoms with E-state index in [1.807, 2.05) is 12.1 Å². The number of nitrogens with zero attached hydrogens (tertiary/aromatic N) is 2. The molecule has 0 aromatic heterocycles. The highest BCUT2D eigenvalue weighted by molar-refractivity contribution is 5.91. The molecule has 0 unspecified atom stereocenters. The number of rotatable bonds is 8. The molecule has 8 heteroatoms. The molecule has 0 heterocycles. The van der Waals surface area contributed by atoms with E-state index in [0.717, 1.165) is 5.56 Å². The monoisotopic (exact) mass is 386 g/mol. The standard InChI is InChI=1S/C20H22N2O6/c1-21(13-15-6-9-17(26-2)19(12-15)28-4)20(23)10-7-14-5-8-16(22(24)25)18(11-14)27-3/h5-12H,13H2,1-4H3. The lowest BCUT2D eigenvalue weighted by Crippen LogP contribution is -2.24. The first-order valence-corrected chi connectivity index (χ1v) is 8.36. The highest BCUT2D eigenvalue weighted by Gasteiger charge is 2.14. The largest absolute Gasteiger partial charge is 0.493 e. The van der Waals surface area contributed by atoms with Crippen LogP contribution in [0.15, 0.2) is 42.5 Å². The summed E-state index contributed by atoms with van der Waals surface area (Å²) < 4.78 is 15.5. The minimum Gasteiger partial charge on any atom is -0.493 e. The van der Waals surface area contributed by atoms with Crippen molar-refractivity contribution < 1.29 is 23.9 Å². The fourth-order valence-electron chi connectivity index (χ4n) is 2.57. The Hall–Kier alpha value is -3.55. The first-order valence-electron chi connectivity index (χ1n) is 8.36. The fourth-order valence-corrected chi connectivity index (χ4v) is 2.57. The third-order valence-electron chi connectivity index (χ3n) is 4.06. The number of carbonyl (C=O) groups excluding carboxylic acids is 1. The van der Waals surface area contributed by atoms with Gasteiger partial charge in [0, 0.05) is 25.7 Å². The summed E-state index contributed by atoms with van der Waals surface area (Å²) in [5, 5.41) is 10.9. The average Bonchev–Trinajstić information content (AvgIpc) is 2.71. The molecule has 0 saturated heterocycles.